The molecule has 0 aliphatic rings. The number of nitrogens with one attached hydrogen (secondary N) is 1. The van der Waals surface area contributed by atoms with Gasteiger partial charge in [0.1, 0.15) is 0 Å². The number of nitrogens with zero attached hydrogens (tertiary/aromatic N) is 2. The van der Waals surface area contributed by atoms with Crippen molar-refractivity contribution in [3.8, 4) is 0 Å². The Bertz CT molecular complexity index is 659. The highest BCUT2D eigenvalue weighted by atomic mass is 32.2. The third kappa shape index (κ3) is 5.75. The summed E-state index contributed by atoms with van der Waals surface area (Å²) in [6.45, 7) is 2.02. The topological polar surface area (TPSA) is 62.3 Å². The molecular formula is C17H19N3O2S. The summed E-state index contributed by atoms with van der Waals surface area (Å²) < 4.78 is 0. The zero-order valence-electron chi connectivity index (χ0n) is 13.2. The van der Waals surface area contributed by atoms with E-state index in [0.717, 1.165) is 16.1 Å². The van der Waals surface area contributed by atoms with Crippen molar-refractivity contribution in [2.75, 3.05) is 24.7 Å². The fourth-order valence-corrected chi connectivity index (χ4v) is 2.66. The molecule has 0 radical (unpaired) electrons. The van der Waals surface area contributed by atoms with Crippen LogP contribution in [-0.4, -0.2) is 41.0 Å². The van der Waals surface area contributed by atoms with Gasteiger partial charge in [-0.15, -0.1) is 11.8 Å². The maximum atomic E-state index is 12.1. The number of thioether (sulfide) groups is 1. The van der Waals surface area contributed by atoms with Crippen LogP contribution in [0.1, 0.15) is 5.56 Å². The van der Waals surface area contributed by atoms with Gasteiger partial charge in [-0.1, -0.05) is 17.7 Å². The number of anilines is 1. The van der Waals surface area contributed by atoms with Crippen LogP contribution >= 0.6 is 11.8 Å². The van der Waals surface area contributed by atoms with Gasteiger partial charge in [0.15, 0.2) is 0 Å². The van der Waals surface area contributed by atoms with Gasteiger partial charge in [0, 0.05) is 30.0 Å². The third-order valence-corrected chi connectivity index (χ3v) is 4.15. The maximum absolute atomic E-state index is 12.1. The molecule has 1 aromatic carbocycles. The van der Waals surface area contributed by atoms with Crippen molar-refractivity contribution in [3.05, 3.63) is 54.4 Å². The summed E-state index contributed by atoms with van der Waals surface area (Å²) in [6, 6.07) is 11.2. The van der Waals surface area contributed by atoms with Gasteiger partial charge >= 0.3 is 0 Å². The van der Waals surface area contributed by atoms with Gasteiger partial charge < -0.3 is 10.2 Å². The number of carbonyl (C=O) groups is 2. The SMILES string of the molecule is Cc1ccc(NC(=O)CN(C)C(=O)CSc2ccncc2)cc1. The smallest absolute Gasteiger partial charge is 0.243 e. The Labute approximate surface area is 140 Å². The van der Waals surface area contributed by atoms with Crippen LogP contribution in [0.25, 0.3) is 0 Å². The van der Waals surface area contributed by atoms with E-state index in [1.54, 1.807) is 19.4 Å². The average Bonchev–Trinajstić information content (AvgIpc) is 2.55. The molecule has 0 spiro atoms. The van der Waals surface area contributed by atoms with Crippen molar-refractivity contribution in [1.82, 2.24) is 9.88 Å². The number of hydrogen-bond donors (Lipinski definition) is 1. The molecule has 5 nitrogen and oxygen atoms in total. The second kappa shape index (κ2) is 8.33. The maximum Gasteiger partial charge on any atom is 0.243 e. The summed E-state index contributed by atoms with van der Waals surface area (Å²) in [5, 5.41) is 2.78. The quantitative estimate of drug-likeness (QED) is 0.828. The van der Waals surface area contributed by atoms with Crippen molar-refractivity contribution in [3.63, 3.8) is 0 Å². The lowest BCUT2D eigenvalue weighted by molar-refractivity contribution is -0.131. The van der Waals surface area contributed by atoms with Crippen LogP contribution in [-0.2, 0) is 9.59 Å². The van der Waals surface area contributed by atoms with Gasteiger partial charge in [0.2, 0.25) is 11.8 Å². The lowest BCUT2D eigenvalue weighted by Gasteiger charge is -2.16. The average molecular weight is 329 g/mol. The number of aryl methyl sites for hydroxylation is 1. The Morgan fingerprint density at radius 3 is 2.43 bits per heavy atom. The van der Waals surface area contributed by atoms with Crippen molar-refractivity contribution in [2.24, 2.45) is 0 Å². The molecule has 0 bridgehead atoms. The second-order valence-corrected chi connectivity index (χ2v) is 6.18. The van der Waals surface area contributed by atoms with Crippen LogP contribution < -0.4 is 5.32 Å². The molecule has 23 heavy (non-hydrogen) atoms. The standard InChI is InChI=1S/C17H19N3O2S/c1-13-3-5-14(6-4-13)19-16(21)11-20(2)17(22)12-23-15-7-9-18-10-8-15/h3-10H,11-12H2,1-2H3,(H,19,21). The van der Waals surface area contributed by atoms with Gasteiger partial charge in [0.05, 0.1) is 12.3 Å². The molecule has 0 aliphatic heterocycles. The highest BCUT2D eigenvalue weighted by Gasteiger charge is 2.13. The van der Waals surface area contributed by atoms with Crippen LogP contribution in [0, 0.1) is 6.92 Å². The molecule has 2 rings (SSSR count). The number of carbonyl (C=O) groups excluding carboxylic acids is 2. The Hall–Kier alpha value is -2.34. The molecule has 6 heteroatoms. The highest BCUT2D eigenvalue weighted by Crippen LogP contribution is 2.16. The first-order valence-electron chi connectivity index (χ1n) is 7.18. The van der Waals surface area contributed by atoms with E-state index in [1.165, 1.54) is 16.7 Å². The minimum absolute atomic E-state index is 0.0314. The number of hydrogen-bond acceptors (Lipinski definition) is 4. The highest BCUT2D eigenvalue weighted by molar-refractivity contribution is 8.00. The van der Waals surface area contributed by atoms with E-state index in [1.807, 2.05) is 43.3 Å². The fraction of sp³-hybridized carbons (Fsp3) is 0.235. The monoisotopic (exact) mass is 329 g/mol. The number of likely N-dealkylation sites (N-methyl/N-ethyl adjacent to an activating group) is 1. The predicted molar refractivity (Wildman–Crippen MR) is 92.4 cm³/mol. The van der Waals surface area contributed by atoms with Gasteiger partial charge in [-0.3, -0.25) is 14.6 Å². The zero-order valence-corrected chi connectivity index (χ0v) is 14.0. The van der Waals surface area contributed by atoms with Crippen LogP contribution in [0.4, 0.5) is 5.69 Å². The summed E-state index contributed by atoms with van der Waals surface area (Å²) >= 11 is 1.43. The van der Waals surface area contributed by atoms with Crippen LogP contribution in [0.15, 0.2) is 53.7 Å². The third-order valence-electron chi connectivity index (χ3n) is 3.15. The van der Waals surface area contributed by atoms with Crippen molar-refractivity contribution in [1.29, 1.82) is 0 Å². The van der Waals surface area contributed by atoms with E-state index in [-0.39, 0.29) is 18.4 Å². The molecule has 0 unspecified atom stereocenters. The van der Waals surface area contributed by atoms with E-state index in [0.29, 0.717) is 5.75 Å². The number of amides is 2. The summed E-state index contributed by atoms with van der Waals surface area (Å²) in [5.74, 6) is -0.0114. The molecule has 2 aromatic rings. The Morgan fingerprint density at radius 2 is 1.78 bits per heavy atom. The van der Waals surface area contributed by atoms with Crippen molar-refractivity contribution < 1.29 is 9.59 Å². The summed E-state index contributed by atoms with van der Waals surface area (Å²) in [4.78, 5) is 30.4. The Balaban J connectivity index is 1.78. The Morgan fingerprint density at radius 1 is 1.13 bits per heavy atom. The van der Waals surface area contributed by atoms with Gasteiger partial charge in [-0.2, -0.15) is 0 Å². The van der Waals surface area contributed by atoms with Gasteiger partial charge in [0.25, 0.3) is 0 Å². The number of rotatable bonds is 6. The van der Waals surface area contributed by atoms with Crippen LogP contribution in [0.5, 0.6) is 0 Å². The zero-order chi connectivity index (χ0) is 16.7. The molecule has 0 saturated carbocycles. The molecule has 0 fully saturated rings. The first-order valence-corrected chi connectivity index (χ1v) is 8.16. The molecule has 120 valence electrons. The van der Waals surface area contributed by atoms with E-state index in [9.17, 15) is 9.59 Å². The minimum Gasteiger partial charge on any atom is -0.336 e. The molecule has 2 amide bonds. The molecular weight excluding hydrogens is 310 g/mol. The van der Waals surface area contributed by atoms with Crippen molar-refractivity contribution >= 4 is 29.3 Å². The molecule has 0 saturated heterocycles. The lowest BCUT2D eigenvalue weighted by atomic mass is 10.2. The second-order valence-electron chi connectivity index (χ2n) is 5.14. The lowest BCUT2D eigenvalue weighted by Crippen LogP contribution is -2.35. The molecule has 0 aliphatic carbocycles. The van der Waals surface area contributed by atoms with E-state index >= 15 is 0 Å². The normalized spacial score (nSPS) is 10.2. The molecule has 0 atom stereocenters. The fourth-order valence-electron chi connectivity index (χ4n) is 1.83. The molecule has 1 aromatic heterocycles. The minimum atomic E-state index is -0.210. The summed E-state index contributed by atoms with van der Waals surface area (Å²) in [7, 11) is 1.63. The molecule has 1 heterocycles. The largest absolute Gasteiger partial charge is 0.336 e. The summed E-state index contributed by atoms with van der Waals surface area (Å²) in [6.07, 6.45) is 3.37. The van der Waals surface area contributed by atoms with Gasteiger partial charge in [-0.25, -0.2) is 0 Å². The van der Waals surface area contributed by atoms with Crippen LogP contribution in [0.2, 0.25) is 0 Å². The van der Waals surface area contributed by atoms with E-state index in [2.05, 4.69) is 10.3 Å². The first-order chi connectivity index (χ1) is 11.0. The number of aromatic nitrogens is 1. The summed E-state index contributed by atoms with van der Waals surface area (Å²) in [5.41, 5.74) is 1.86. The van der Waals surface area contributed by atoms with Gasteiger partial charge in [-0.05, 0) is 31.2 Å². The van der Waals surface area contributed by atoms with Crippen molar-refractivity contribution in [2.45, 2.75) is 11.8 Å². The predicted octanol–water partition coefficient (Wildman–Crippen LogP) is 2.58. The van der Waals surface area contributed by atoms with E-state index < -0.39 is 0 Å². The van der Waals surface area contributed by atoms with E-state index in [4.69, 9.17) is 0 Å². The van der Waals surface area contributed by atoms with Crippen LogP contribution in [0.3, 0.4) is 0 Å². The first kappa shape index (κ1) is 17.0. The number of benzene rings is 1. The Kier molecular flexibility index (Phi) is 6.17. The number of pyridine rings is 1. The molecule has 1 N–H and O–H groups in total.